The number of thiazole rings is 1. The van der Waals surface area contributed by atoms with Crippen molar-refractivity contribution in [2.24, 2.45) is 0 Å². The number of imidazole rings is 1. The van der Waals surface area contributed by atoms with E-state index in [2.05, 4.69) is 35.6 Å². The van der Waals surface area contributed by atoms with Gasteiger partial charge in [0.15, 0.2) is 11.5 Å². The largest absolute Gasteiger partial charge is 0.363 e. The SMILES string of the molecule is CNc1nc(NCc2cncs2)c2[nH]cnc2n1. The summed E-state index contributed by atoms with van der Waals surface area (Å²) in [6.07, 6.45) is 3.44. The Morgan fingerprint density at radius 3 is 3.11 bits per heavy atom. The van der Waals surface area contributed by atoms with E-state index >= 15 is 0 Å². The van der Waals surface area contributed by atoms with Crippen LogP contribution in [-0.2, 0) is 6.54 Å². The lowest BCUT2D eigenvalue weighted by Crippen LogP contribution is -2.04. The van der Waals surface area contributed by atoms with Crippen LogP contribution in [0.2, 0.25) is 0 Å². The summed E-state index contributed by atoms with van der Waals surface area (Å²) in [6.45, 7) is 0.680. The summed E-state index contributed by atoms with van der Waals surface area (Å²) in [5.74, 6) is 1.27. The molecule has 0 unspecified atom stereocenters. The summed E-state index contributed by atoms with van der Waals surface area (Å²) in [5, 5.41) is 6.18. The fraction of sp³-hybridized carbons (Fsp3) is 0.200. The fourth-order valence-electron chi connectivity index (χ4n) is 1.57. The maximum absolute atomic E-state index is 4.37. The minimum atomic E-state index is 0.543. The van der Waals surface area contributed by atoms with Gasteiger partial charge in [0.1, 0.15) is 5.52 Å². The molecule has 0 aliphatic heterocycles. The lowest BCUT2D eigenvalue weighted by molar-refractivity contribution is 1.11. The number of hydrogen-bond acceptors (Lipinski definition) is 7. The first-order valence-corrected chi connectivity index (χ1v) is 6.25. The molecule has 0 saturated heterocycles. The van der Waals surface area contributed by atoms with E-state index in [1.165, 1.54) is 0 Å². The molecule has 0 spiro atoms. The Bertz CT molecular complexity index is 645. The highest BCUT2D eigenvalue weighted by Crippen LogP contribution is 2.19. The van der Waals surface area contributed by atoms with Gasteiger partial charge >= 0.3 is 0 Å². The van der Waals surface area contributed by atoms with Gasteiger partial charge in [0, 0.05) is 18.1 Å². The van der Waals surface area contributed by atoms with Crippen molar-refractivity contribution in [1.82, 2.24) is 24.9 Å². The molecule has 3 N–H and O–H groups in total. The Morgan fingerprint density at radius 1 is 1.39 bits per heavy atom. The van der Waals surface area contributed by atoms with Gasteiger partial charge in [-0.3, -0.25) is 4.98 Å². The van der Waals surface area contributed by atoms with Crippen molar-refractivity contribution in [2.75, 3.05) is 17.7 Å². The minimum absolute atomic E-state index is 0.543. The normalized spacial score (nSPS) is 10.7. The third kappa shape index (κ3) is 1.97. The number of nitrogens with zero attached hydrogens (tertiary/aromatic N) is 4. The van der Waals surface area contributed by atoms with Crippen molar-refractivity contribution in [3.05, 3.63) is 22.9 Å². The number of aromatic amines is 1. The Kier molecular flexibility index (Phi) is 2.77. The molecule has 7 nitrogen and oxygen atoms in total. The Labute approximate surface area is 107 Å². The van der Waals surface area contributed by atoms with Crippen LogP contribution in [0.5, 0.6) is 0 Å². The number of aromatic nitrogens is 5. The summed E-state index contributed by atoms with van der Waals surface area (Å²) < 4.78 is 0. The molecule has 18 heavy (non-hydrogen) atoms. The molecule has 0 aliphatic carbocycles. The minimum Gasteiger partial charge on any atom is -0.363 e. The molecule has 3 heterocycles. The van der Waals surface area contributed by atoms with E-state index in [9.17, 15) is 0 Å². The maximum Gasteiger partial charge on any atom is 0.226 e. The Balaban J connectivity index is 1.92. The molecule has 0 saturated carbocycles. The number of rotatable bonds is 4. The van der Waals surface area contributed by atoms with E-state index < -0.39 is 0 Å². The van der Waals surface area contributed by atoms with E-state index in [0.29, 0.717) is 18.1 Å². The molecular weight excluding hydrogens is 250 g/mol. The number of fused-ring (bicyclic) bond motifs is 1. The van der Waals surface area contributed by atoms with Crippen LogP contribution in [-0.4, -0.2) is 32.0 Å². The third-order valence-electron chi connectivity index (χ3n) is 2.42. The average Bonchev–Trinajstić information content (AvgIpc) is 3.06. The quantitative estimate of drug-likeness (QED) is 0.658. The van der Waals surface area contributed by atoms with Crippen molar-refractivity contribution >= 4 is 34.3 Å². The molecule has 0 fully saturated rings. The summed E-state index contributed by atoms with van der Waals surface area (Å²) >= 11 is 1.60. The lowest BCUT2D eigenvalue weighted by Gasteiger charge is -2.06. The zero-order valence-electron chi connectivity index (χ0n) is 9.64. The van der Waals surface area contributed by atoms with Crippen LogP contribution in [0.3, 0.4) is 0 Å². The first kappa shape index (κ1) is 10.9. The van der Waals surface area contributed by atoms with Gasteiger partial charge in [-0.2, -0.15) is 9.97 Å². The molecule has 3 aromatic heterocycles. The number of H-pyrrole nitrogens is 1. The van der Waals surface area contributed by atoms with Gasteiger partial charge < -0.3 is 15.6 Å². The van der Waals surface area contributed by atoms with Crippen LogP contribution in [0.15, 0.2) is 18.0 Å². The second kappa shape index (κ2) is 4.57. The zero-order valence-corrected chi connectivity index (χ0v) is 10.5. The molecule has 3 rings (SSSR count). The number of anilines is 2. The van der Waals surface area contributed by atoms with Crippen LogP contribution in [0, 0.1) is 0 Å². The van der Waals surface area contributed by atoms with Gasteiger partial charge in [0.2, 0.25) is 5.95 Å². The van der Waals surface area contributed by atoms with Gasteiger partial charge in [0.25, 0.3) is 0 Å². The molecule has 0 aliphatic rings. The molecule has 0 bridgehead atoms. The van der Waals surface area contributed by atoms with E-state index in [1.54, 1.807) is 24.7 Å². The second-order valence-electron chi connectivity index (χ2n) is 3.57. The summed E-state index contributed by atoms with van der Waals surface area (Å²) in [6, 6.07) is 0. The highest BCUT2D eigenvalue weighted by atomic mass is 32.1. The smallest absolute Gasteiger partial charge is 0.226 e. The fourth-order valence-corrected chi connectivity index (χ4v) is 2.11. The van der Waals surface area contributed by atoms with Crippen molar-refractivity contribution in [3.8, 4) is 0 Å². The topological polar surface area (TPSA) is 91.4 Å². The van der Waals surface area contributed by atoms with Crippen LogP contribution in [0.1, 0.15) is 4.88 Å². The second-order valence-corrected chi connectivity index (χ2v) is 4.54. The van der Waals surface area contributed by atoms with Crippen LogP contribution >= 0.6 is 11.3 Å². The molecule has 0 radical (unpaired) electrons. The van der Waals surface area contributed by atoms with Gasteiger partial charge in [-0.05, 0) is 0 Å². The predicted molar refractivity (Wildman–Crippen MR) is 70.7 cm³/mol. The van der Waals surface area contributed by atoms with Gasteiger partial charge in [-0.15, -0.1) is 11.3 Å². The monoisotopic (exact) mass is 261 g/mol. The molecule has 3 aromatic rings. The van der Waals surface area contributed by atoms with Crippen LogP contribution in [0.25, 0.3) is 11.2 Å². The molecular formula is C10H11N7S. The average molecular weight is 261 g/mol. The third-order valence-corrected chi connectivity index (χ3v) is 3.20. The molecule has 0 atom stereocenters. The van der Waals surface area contributed by atoms with E-state index in [1.807, 2.05) is 11.7 Å². The van der Waals surface area contributed by atoms with Crippen molar-refractivity contribution in [3.63, 3.8) is 0 Å². The molecule has 0 amide bonds. The van der Waals surface area contributed by atoms with E-state index in [0.717, 1.165) is 16.2 Å². The van der Waals surface area contributed by atoms with Crippen molar-refractivity contribution in [2.45, 2.75) is 6.54 Å². The summed E-state index contributed by atoms with van der Waals surface area (Å²) in [5.41, 5.74) is 3.25. The standard InChI is InChI=1S/C10H11N7S/c1-11-10-16-8(7-9(17-10)15-4-14-7)13-3-6-2-12-5-18-6/h2,4-5H,3H2,1H3,(H3,11,13,14,15,16,17). The summed E-state index contributed by atoms with van der Waals surface area (Å²) in [4.78, 5) is 21.0. The highest BCUT2D eigenvalue weighted by Gasteiger charge is 2.09. The lowest BCUT2D eigenvalue weighted by atomic mass is 10.4. The first-order chi connectivity index (χ1) is 8.86. The Morgan fingerprint density at radius 2 is 2.33 bits per heavy atom. The van der Waals surface area contributed by atoms with E-state index in [4.69, 9.17) is 0 Å². The number of hydrogen-bond donors (Lipinski definition) is 3. The number of nitrogens with one attached hydrogen (secondary N) is 3. The highest BCUT2D eigenvalue weighted by molar-refractivity contribution is 7.09. The molecule has 0 aromatic carbocycles. The van der Waals surface area contributed by atoms with Crippen molar-refractivity contribution < 1.29 is 0 Å². The predicted octanol–water partition coefficient (Wildman–Crippen LogP) is 1.46. The van der Waals surface area contributed by atoms with Gasteiger partial charge in [-0.1, -0.05) is 0 Å². The zero-order chi connectivity index (χ0) is 12.4. The summed E-state index contributed by atoms with van der Waals surface area (Å²) in [7, 11) is 1.78. The van der Waals surface area contributed by atoms with Crippen LogP contribution < -0.4 is 10.6 Å². The molecule has 92 valence electrons. The van der Waals surface area contributed by atoms with Gasteiger partial charge in [-0.25, -0.2) is 4.98 Å². The van der Waals surface area contributed by atoms with E-state index in [-0.39, 0.29) is 0 Å². The Hall–Kier alpha value is -2.22. The first-order valence-electron chi connectivity index (χ1n) is 5.37. The van der Waals surface area contributed by atoms with Gasteiger partial charge in [0.05, 0.1) is 18.4 Å². The molecule has 8 heteroatoms. The van der Waals surface area contributed by atoms with Crippen molar-refractivity contribution in [1.29, 1.82) is 0 Å². The maximum atomic E-state index is 4.37. The van der Waals surface area contributed by atoms with Crippen LogP contribution in [0.4, 0.5) is 11.8 Å².